The number of anilines is 2. The van der Waals surface area contributed by atoms with E-state index in [0.29, 0.717) is 31.9 Å². The third-order valence-electron chi connectivity index (χ3n) is 5.37. The lowest BCUT2D eigenvalue weighted by Crippen LogP contribution is -2.51. The average molecular weight is 457 g/mol. The van der Waals surface area contributed by atoms with Crippen molar-refractivity contribution < 1.29 is 23.8 Å². The van der Waals surface area contributed by atoms with E-state index in [0.717, 1.165) is 17.0 Å². The molecule has 0 spiro atoms. The van der Waals surface area contributed by atoms with E-state index in [9.17, 15) is 9.59 Å². The first-order valence-corrected chi connectivity index (χ1v) is 10.6. The number of thiocarbonyl (C=S) groups is 1. The van der Waals surface area contributed by atoms with E-state index in [1.54, 1.807) is 41.2 Å². The molecule has 2 N–H and O–H groups in total. The molecule has 2 aliphatic rings. The third kappa shape index (κ3) is 4.76. The van der Waals surface area contributed by atoms with Crippen molar-refractivity contribution in [2.24, 2.45) is 0 Å². The lowest BCUT2D eigenvalue weighted by molar-refractivity contribution is 0.113. The second-order valence-corrected chi connectivity index (χ2v) is 7.54. The van der Waals surface area contributed by atoms with Crippen LogP contribution in [-0.2, 0) is 16.0 Å². The van der Waals surface area contributed by atoms with E-state index in [4.69, 9.17) is 26.4 Å². The number of cyclic esters (lactones) is 2. The fourth-order valence-corrected chi connectivity index (χ4v) is 3.80. The molecule has 168 valence electrons. The lowest BCUT2D eigenvalue weighted by atomic mass is 10.2. The summed E-state index contributed by atoms with van der Waals surface area (Å²) in [5, 5.41) is 6.40. The molecule has 0 bridgehead atoms. The van der Waals surface area contributed by atoms with Crippen LogP contribution >= 0.6 is 12.2 Å². The van der Waals surface area contributed by atoms with Crippen molar-refractivity contribution in [1.82, 2.24) is 10.6 Å². The number of carbonyl (C=O) groups is 2. The Morgan fingerprint density at radius 2 is 1.78 bits per heavy atom. The van der Waals surface area contributed by atoms with Crippen molar-refractivity contribution in [1.29, 1.82) is 0 Å². The van der Waals surface area contributed by atoms with Gasteiger partial charge in [-0.25, -0.2) is 9.59 Å². The Bertz CT molecular complexity index is 969. The molecule has 2 atom stereocenters. The minimum Gasteiger partial charge on any atom is -0.497 e. The monoisotopic (exact) mass is 456 g/mol. The van der Waals surface area contributed by atoms with Crippen molar-refractivity contribution in [3.05, 3.63) is 54.1 Å². The van der Waals surface area contributed by atoms with Crippen molar-refractivity contribution in [2.45, 2.75) is 18.8 Å². The van der Waals surface area contributed by atoms with Crippen molar-refractivity contribution >= 4 is 41.3 Å². The molecule has 2 aromatic rings. The van der Waals surface area contributed by atoms with Gasteiger partial charge in [0.25, 0.3) is 0 Å². The van der Waals surface area contributed by atoms with E-state index in [1.165, 1.54) is 5.49 Å². The summed E-state index contributed by atoms with van der Waals surface area (Å²) in [6.45, 7) is 1.79. The highest BCUT2D eigenvalue weighted by molar-refractivity contribution is 7.78. The largest absolute Gasteiger partial charge is 0.497 e. The maximum absolute atomic E-state index is 12.5. The molecule has 9 nitrogen and oxygen atoms in total. The van der Waals surface area contributed by atoms with E-state index in [1.807, 2.05) is 24.3 Å². The molecule has 2 amide bonds. The molecule has 4 rings (SSSR count). The maximum atomic E-state index is 12.5. The van der Waals surface area contributed by atoms with Gasteiger partial charge in [0, 0.05) is 17.9 Å². The van der Waals surface area contributed by atoms with Crippen LogP contribution in [0.1, 0.15) is 5.56 Å². The number of carbonyl (C=O) groups excluding carboxylic acids is 2. The molecule has 32 heavy (non-hydrogen) atoms. The fourth-order valence-electron chi connectivity index (χ4n) is 3.65. The Kier molecular flexibility index (Phi) is 6.72. The van der Waals surface area contributed by atoms with Crippen LogP contribution in [0.3, 0.4) is 0 Å². The predicted octanol–water partition coefficient (Wildman–Crippen LogP) is 2.64. The molecule has 0 radical (unpaired) electrons. The third-order valence-corrected chi connectivity index (χ3v) is 5.51. The van der Waals surface area contributed by atoms with Crippen LogP contribution in [0.25, 0.3) is 0 Å². The highest BCUT2D eigenvalue weighted by atomic mass is 32.1. The molecule has 0 saturated carbocycles. The van der Waals surface area contributed by atoms with Crippen molar-refractivity contribution in [2.75, 3.05) is 36.6 Å². The zero-order chi connectivity index (χ0) is 22.5. The highest BCUT2D eigenvalue weighted by Crippen LogP contribution is 2.27. The van der Waals surface area contributed by atoms with Gasteiger partial charge in [-0.3, -0.25) is 15.1 Å². The van der Waals surface area contributed by atoms with Gasteiger partial charge in [-0.2, -0.15) is 0 Å². The maximum Gasteiger partial charge on any atom is 0.414 e. The highest BCUT2D eigenvalue weighted by Gasteiger charge is 2.37. The first-order valence-electron chi connectivity index (χ1n) is 10.2. The minimum absolute atomic E-state index is 0.348. The number of benzene rings is 2. The Hall–Kier alpha value is -3.37. The van der Waals surface area contributed by atoms with Crippen LogP contribution in [0.4, 0.5) is 21.0 Å². The molecule has 0 aromatic heterocycles. The Labute approximate surface area is 191 Å². The molecule has 10 heteroatoms. The van der Waals surface area contributed by atoms with Gasteiger partial charge in [0.15, 0.2) is 6.10 Å². The second-order valence-electron chi connectivity index (χ2n) is 7.31. The van der Waals surface area contributed by atoms with E-state index in [-0.39, 0.29) is 12.3 Å². The lowest BCUT2D eigenvalue weighted by Gasteiger charge is -2.23. The Morgan fingerprint density at radius 1 is 1.09 bits per heavy atom. The fraction of sp³-hybridized carbons (Fsp3) is 0.318. The zero-order valence-electron chi connectivity index (χ0n) is 17.5. The van der Waals surface area contributed by atoms with Gasteiger partial charge in [-0.1, -0.05) is 24.4 Å². The predicted molar refractivity (Wildman–Crippen MR) is 123 cm³/mol. The summed E-state index contributed by atoms with van der Waals surface area (Å²) in [6.07, 6.45) is -1.61. The summed E-state index contributed by atoms with van der Waals surface area (Å²) in [4.78, 5) is 27.4. The Morgan fingerprint density at radius 3 is 2.38 bits per heavy atom. The number of hydrogen-bond donors (Lipinski definition) is 2. The first-order chi connectivity index (χ1) is 15.6. The summed E-state index contributed by atoms with van der Waals surface area (Å²) in [7, 11) is 1.63. The average Bonchev–Trinajstić information content (AvgIpc) is 3.42. The van der Waals surface area contributed by atoms with Crippen LogP contribution < -0.4 is 25.2 Å². The standard InChI is InChI=1S/C22H24N4O5S/c1-29-18-8-2-15(3-9-18)12-23-20(24-14-32)19-13-26(22(28)31-19)17-6-4-16(5-7-17)25-10-11-30-21(25)27/h2-9,14,19-20,23H,10-13H2,1H3,(H,24,32)/t19-,20?/m0/s1. The first kappa shape index (κ1) is 21.8. The number of methoxy groups -OCH3 is 1. The number of ether oxygens (including phenoxy) is 3. The minimum atomic E-state index is -0.451. The zero-order valence-corrected chi connectivity index (χ0v) is 18.3. The molecule has 0 aliphatic carbocycles. The molecular weight excluding hydrogens is 432 g/mol. The van der Waals surface area contributed by atoms with Crippen molar-refractivity contribution in [3.63, 3.8) is 0 Å². The normalized spacial score (nSPS) is 18.8. The quantitative estimate of drug-likeness (QED) is 0.440. The molecule has 2 aliphatic heterocycles. The van der Waals surface area contributed by atoms with E-state index < -0.39 is 12.2 Å². The van der Waals surface area contributed by atoms with Gasteiger partial charge in [-0.05, 0) is 42.0 Å². The van der Waals surface area contributed by atoms with Crippen LogP contribution in [0.5, 0.6) is 5.75 Å². The van der Waals surface area contributed by atoms with Gasteiger partial charge in [0.2, 0.25) is 0 Å². The molecule has 2 saturated heterocycles. The summed E-state index contributed by atoms with van der Waals surface area (Å²) >= 11 is 4.97. The number of rotatable bonds is 9. The molecule has 2 heterocycles. The summed E-state index contributed by atoms with van der Waals surface area (Å²) in [5.74, 6) is 0.787. The van der Waals surface area contributed by atoms with Gasteiger partial charge in [0.05, 0.1) is 25.7 Å². The van der Waals surface area contributed by atoms with Crippen LogP contribution in [0, 0.1) is 0 Å². The summed E-state index contributed by atoms with van der Waals surface area (Å²) < 4.78 is 15.8. The van der Waals surface area contributed by atoms with Gasteiger partial charge in [0.1, 0.15) is 18.5 Å². The van der Waals surface area contributed by atoms with E-state index in [2.05, 4.69) is 10.6 Å². The van der Waals surface area contributed by atoms with Gasteiger partial charge >= 0.3 is 12.2 Å². The summed E-state index contributed by atoms with van der Waals surface area (Å²) in [6, 6.07) is 14.9. The topological polar surface area (TPSA) is 92.4 Å². The van der Waals surface area contributed by atoms with Crippen LogP contribution in [0.2, 0.25) is 0 Å². The molecular formula is C22H24N4O5S. The van der Waals surface area contributed by atoms with E-state index >= 15 is 0 Å². The second kappa shape index (κ2) is 9.84. The smallest absolute Gasteiger partial charge is 0.414 e. The van der Waals surface area contributed by atoms with Crippen LogP contribution in [-0.4, -0.2) is 56.8 Å². The number of nitrogens with zero attached hydrogens (tertiary/aromatic N) is 2. The number of amides is 2. The van der Waals surface area contributed by atoms with Crippen molar-refractivity contribution in [3.8, 4) is 5.75 Å². The molecule has 1 unspecified atom stereocenters. The Balaban J connectivity index is 1.39. The summed E-state index contributed by atoms with van der Waals surface area (Å²) in [5.41, 5.74) is 3.87. The van der Waals surface area contributed by atoms with Gasteiger partial charge < -0.3 is 19.5 Å². The molecule has 2 aromatic carbocycles. The molecule has 2 fully saturated rings. The number of nitrogens with one attached hydrogen (secondary N) is 2. The van der Waals surface area contributed by atoms with Crippen LogP contribution in [0.15, 0.2) is 48.5 Å². The number of hydrogen-bond acceptors (Lipinski definition) is 7. The van der Waals surface area contributed by atoms with Gasteiger partial charge in [-0.15, -0.1) is 0 Å². The SMILES string of the molecule is COc1ccc(CNC(NC=S)[C@@H]2CN(c3ccc(N4CCOC4=O)cc3)C(=O)O2)cc1.